The molecule has 1 saturated heterocycles. The zero-order chi connectivity index (χ0) is 34.7. The van der Waals surface area contributed by atoms with Crippen LogP contribution in [-0.2, 0) is 17.9 Å². The normalized spacial score (nSPS) is 15.1. The fourth-order valence-electron chi connectivity index (χ4n) is 6.11. The van der Waals surface area contributed by atoms with Crippen molar-refractivity contribution in [1.82, 2.24) is 30.3 Å². The van der Waals surface area contributed by atoms with Gasteiger partial charge in [0.25, 0.3) is 5.56 Å². The monoisotopic (exact) mass is 700 g/mol. The fourth-order valence-corrected chi connectivity index (χ4v) is 6.77. The van der Waals surface area contributed by atoms with E-state index in [1.165, 1.54) is 4.40 Å². The Morgan fingerprint density at radius 3 is 2.39 bits per heavy atom. The highest BCUT2D eigenvalue weighted by Crippen LogP contribution is 2.42. The summed E-state index contributed by atoms with van der Waals surface area (Å²) in [6.07, 6.45) is 2.58. The molecule has 2 atom stereocenters. The number of aliphatic hydroxyl groups excluding tert-OH is 1. The third-order valence-electron chi connectivity index (χ3n) is 8.67. The largest absolute Gasteiger partial charge is 0.481 e. The standard InChI is InChI=1S/C37H38Cl2N6O4/c1-21(46)17-40-20-30-22(2)42-32-16-23(14-15-45(32)37(30)48)26-6-4-7-27(34(26)38)28-8-5-9-29(35(28)39)31-12-10-24(36(44-31)49-3)18-41-19-25-11-13-33(47)43-25/h4-10,12,14-16,21,25,40-41,46H,11,13,17-20H2,1-3H3,(H,43,47)/t21-,25-/m0/s1. The molecule has 4 heterocycles. The first-order valence-electron chi connectivity index (χ1n) is 16.2. The number of amides is 1. The van der Waals surface area contributed by atoms with Gasteiger partial charge in [0.15, 0.2) is 0 Å². The number of aryl methyl sites for hydroxylation is 1. The molecular weight excluding hydrogens is 663 g/mol. The van der Waals surface area contributed by atoms with Crippen LogP contribution in [-0.4, -0.2) is 57.7 Å². The molecule has 1 aliphatic rings. The van der Waals surface area contributed by atoms with Crippen LogP contribution < -0.4 is 26.2 Å². The zero-order valence-electron chi connectivity index (χ0n) is 27.5. The summed E-state index contributed by atoms with van der Waals surface area (Å²) in [6.45, 7) is 5.40. The molecule has 254 valence electrons. The number of halogens is 2. The van der Waals surface area contributed by atoms with Gasteiger partial charge in [0.05, 0.1) is 34.5 Å². The Morgan fingerprint density at radius 1 is 0.980 bits per heavy atom. The van der Waals surface area contributed by atoms with E-state index in [1.807, 2.05) is 67.6 Å². The minimum Gasteiger partial charge on any atom is -0.481 e. The van der Waals surface area contributed by atoms with E-state index in [9.17, 15) is 14.7 Å². The smallest absolute Gasteiger partial charge is 0.262 e. The average molecular weight is 702 g/mol. The molecule has 49 heavy (non-hydrogen) atoms. The predicted molar refractivity (Wildman–Crippen MR) is 193 cm³/mol. The minimum atomic E-state index is -0.517. The summed E-state index contributed by atoms with van der Waals surface area (Å²) in [4.78, 5) is 34.3. The number of aliphatic hydroxyl groups is 1. The predicted octanol–water partition coefficient (Wildman–Crippen LogP) is 5.55. The number of rotatable bonds is 12. The molecule has 1 fully saturated rings. The van der Waals surface area contributed by atoms with Crippen LogP contribution in [0.4, 0.5) is 0 Å². The van der Waals surface area contributed by atoms with Crippen LogP contribution in [0.5, 0.6) is 5.88 Å². The number of pyridine rings is 2. The molecular formula is C37H38Cl2N6O4. The molecule has 0 saturated carbocycles. The van der Waals surface area contributed by atoms with E-state index >= 15 is 0 Å². The molecule has 0 bridgehead atoms. The summed E-state index contributed by atoms with van der Waals surface area (Å²) >= 11 is 14.2. The highest BCUT2D eigenvalue weighted by atomic mass is 35.5. The van der Waals surface area contributed by atoms with Crippen molar-refractivity contribution >= 4 is 34.8 Å². The first-order chi connectivity index (χ1) is 23.6. The number of nitrogens with zero attached hydrogens (tertiary/aromatic N) is 3. The third-order valence-corrected chi connectivity index (χ3v) is 9.48. The van der Waals surface area contributed by atoms with Crippen molar-refractivity contribution in [2.75, 3.05) is 20.2 Å². The number of hydrogen-bond acceptors (Lipinski definition) is 8. The van der Waals surface area contributed by atoms with E-state index in [2.05, 4.69) is 16.0 Å². The number of ether oxygens (including phenoxy) is 1. The lowest BCUT2D eigenvalue weighted by molar-refractivity contribution is -0.119. The van der Waals surface area contributed by atoms with Crippen LogP contribution in [0.2, 0.25) is 10.0 Å². The molecule has 1 amide bonds. The van der Waals surface area contributed by atoms with Crippen molar-refractivity contribution in [2.45, 2.75) is 51.9 Å². The van der Waals surface area contributed by atoms with Gasteiger partial charge in [-0.15, -0.1) is 0 Å². The number of nitrogens with one attached hydrogen (secondary N) is 3. The van der Waals surface area contributed by atoms with Crippen LogP contribution in [0, 0.1) is 6.92 Å². The van der Waals surface area contributed by atoms with Gasteiger partial charge in [0.1, 0.15) is 5.65 Å². The molecule has 3 aromatic heterocycles. The number of benzene rings is 2. The molecule has 0 unspecified atom stereocenters. The van der Waals surface area contributed by atoms with Crippen molar-refractivity contribution in [3.63, 3.8) is 0 Å². The SMILES string of the molecule is COc1nc(-c2cccc(-c3cccc(-c4ccn5c(=O)c(CNC[C@H](C)O)c(C)nc5c4)c3Cl)c2Cl)ccc1CNC[C@@H]1CCC(=O)N1. The number of fused-ring (bicyclic) bond motifs is 1. The fraction of sp³-hybridized carbons (Fsp3) is 0.297. The molecule has 12 heteroatoms. The Hall–Kier alpha value is -4.32. The van der Waals surface area contributed by atoms with E-state index in [-0.39, 0.29) is 17.5 Å². The van der Waals surface area contributed by atoms with Gasteiger partial charge in [-0.2, -0.15) is 0 Å². The average Bonchev–Trinajstić information content (AvgIpc) is 3.51. The third kappa shape index (κ3) is 7.49. The van der Waals surface area contributed by atoms with E-state index in [0.29, 0.717) is 71.1 Å². The molecule has 10 nitrogen and oxygen atoms in total. The maximum absolute atomic E-state index is 13.3. The Bertz CT molecular complexity index is 2080. The molecule has 2 aromatic carbocycles. The summed E-state index contributed by atoms with van der Waals surface area (Å²) < 4.78 is 7.16. The molecule has 1 aliphatic heterocycles. The van der Waals surface area contributed by atoms with Crippen molar-refractivity contribution < 1.29 is 14.6 Å². The minimum absolute atomic E-state index is 0.0926. The summed E-state index contributed by atoms with van der Waals surface area (Å²) in [6, 6.07) is 19.2. The zero-order valence-corrected chi connectivity index (χ0v) is 29.0. The van der Waals surface area contributed by atoms with Gasteiger partial charge < -0.3 is 25.8 Å². The van der Waals surface area contributed by atoms with E-state index < -0.39 is 6.10 Å². The Labute approximate surface area is 294 Å². The quantitative estimate of drug-likeness (QED) is 0.133. The first kappa shape index (κ1) is 34.5. The molecule has 6 rings (SSSR count). The molecule has 0 radical (unpaired) electrons. The number of methoxy groups -OCH3 is 1. The number of aromatic nitrogens is 3. The van der Waals surface area contributed by atoms with E-state index in [1.54, 1.807) is 20.2 Å². The maximum Gasteiger partial charge on any atom is 0.262 e. The van der Waals surface area contributed by atoms with Crippen LogP contribution in [0.15, 0.2) is 71.7 Å². The second-order valence-electron chi connectivity index (χ2n) is 12.2. The molecule has 0 spiro atoms. The Kier molecular flexibility index (Phi) is 10.6. The van der Waals surface area contributed by atoms with Crippen molar-refractivity contribution in [2.24, 2.45) is 0 Å². The second-order valence-corrected chi connectivity index (χ2v) is 13.0. The summed E-state index contributed by atoms with van der Waals surface area (Å²) in [5, 5.41) is 20.0. The Balaban J connectivity index is 1.27. The highest BCUT2D eigenvalue weighted by Gasteiger charge is 2.21. The summed E-state index contributed by atoms with van der Waals surface area (Å²) in [5.74, 6) is 0.583. The van der Waals surface area contributed by atoms with Crippen molar-refractivity contribution in [1.29, 1.82) is 0 Å². The van der Waals surface area contributed by atoms with E-state index in [0.717, 1.165) is 39.8 Å². The van der Waals surface area contributed by atoms with Crippen LogP contribution in [0.1, 0.15) is 36.6 Å². The molecule has 0 aliphatic carbocycles. The highest BCUT2D eigenvalue weighted by molar-refractivity contribution is 6.39. The second kappa shape index (κ2) is 15.1. The van der Waals surface area contributed by atoms with Crippen LogP contribution in [0.3, 0.4) is 0 Å². The lowest BCUT2D eigenvalue weighted by Gasteiger charge is -2.16. The van der Waals surface area contributed by atoms with Crippen molar-refractivity contribution in [3.8, 4) is 39.4 Å². The summed E-state index contributed by atoms with van der Waals surface area (Å²) in [7, 11) is 1.59. The maximum atomic E-state index is 13.3. The van der Waals surface area contributed by atoms with Gasteiger partial charge >= 0.3 is 0 Å². The van der Waals surface area contributed by atoms with Gasteiger partial charge in [-0.05, 0) is 44.0 Å². The van der Waals surface area contributed by atoms with Gasteiger partial charge in [-0.25, -0.2) is 9.97 Å². The van der Waals surface area contributed by atoms with Gasteiger partial charge in [0.2, 0.25) is 11.8 Å². The van der Waals surface area contributed by atoms with Gasteiger partial charge in [0, 0.05) is 78.3 Å². The lowest BCUT2D eigenvalue weighted by Crippen LogP contribution is -2.35. The van der Waals surface area contributed by atoms with Gasteiger partial charge in [-0.3, -0.25) is 14.0 Å². The van der Waals surface area contributed by atoms with E-state index in [4.69, 9.17) is 37.9 Å². The van der Waals surface area contributed by atoms with Crippen molar-refractivity contribution in [3.05, 3.63) is 104 Å². The molecule has 4 N–H and O–H groups in total. The van der Waals surface area contributed by atoms with Crippen LogP contribution >= 0.6 is 23.2 Å². The topological polar surface area (TPSA) is 130 Å². The Morgan fingerprint density at radius 2 is 1.69 bits per heavy atom. The lowest BCUT2D eigenvalue weighted by atomic mass is 9.97. The first-order valence-corrected chi connectivity index (χ1v) is 16.9. The summed E-state index contributed by atoms with van der Waals surface area (Å²) in [5.41, 5.74) is 6.86. The molecule has 5 aromatic rings. The van der Waals surface area contributed by atoms with Crippen LogP contribution in [0.25, 0.3) is 39.2 Å². The van der Waals surface area contributed by atoms with Gasteiger partial charge in [-0.1, -0.05) is 65.7 Å². The number of carbonyl (C=O) groups excluding carboxylic acids is 1. The number of carbonyl (C=O) groups is 1. The number of hydrogen-bond donors (Lipinski definition) is 4.